The molecule has 0 aliphatic rings. The van der Waals surface area contributed by atoms with E-state index in [4.69, 9.17) is 0 Å². The average Bonchev–Trinajstić information content (AvgIpc) is 2.61. The Labute approximate surface area is 147 Å². The van der Waals surface area contributed by atoms with E-state index >= 15 is 0 Å². The Bertz CT molecular complexity index is 823. The number of carbonyl (C=O) groups excluding carboxylic acids is 1. The standard InChI is InChI=1S/C19H27N3O3/c1-3-5-8-14(4-2)13-20-17(23)11-12-22-18(24)15-9-6-7-10-16(15)21-19(22)25/h6-7,9-10,14H,3-5,8,11-13H2,1-2H3,(H,20,23)(H,21,25)/t14-/m1/s1. The Balaban J connectivity index is 1.97. The largest absolute Gasteiger partial charge is 0.356 e. The molecule has 1 heterocycles. The quantitative estimate of drug-likeness (QED) is 0.732. The molecule has 2 rings (SSSR count). The summed E-state index contributed by atoms with van der Waals surface area (Å²) in [5, 5.41) is 3.37. The molecule has 0 bridgehead atoms. The molecule has 1 aromatic carbocycles. The zero-order valence-corrected chi connectivity index (χ0v) is 15.0. The van der Waals surface area contributed by atoms with Crippen molar-refractivity contribution in [3.63, 3.8) is 0 Å². The molecule has 0 unspecified atom stereocenters. The highest BCUT2D eigenvalue weighted by molar-refractivity contribution is 5.77. The molecule has 25 heavy (non-hydrogen) atoms. The number of aromatic nitrogens is 2. The number of hydrogen-bond donors (Lipinski definition) is 2. The van der Waals surface area contributed by atoms with E-state index in [1.54, 1.807) is 24.3 Å². The molecule has 1 atom stereocenters. The Morgan fingerprint density at radius 2 is 2.00 bits per heavy atom. The maximum absolute atomic E-state index is 12.4. The van der Waals surface area contributed by atoms with Gasteiger partial charge < -0.3 is 10.3 Å². The molecule has 0 aliphatic carbocycles. The number of nitrogens with one attached hydrogen (secondary N) is 2. The molecule has 0 radical (unpaired) electrons. The fourth-order valence-electron chi connectivity index (χ4n) is 2.91. The van der Waals surface area contributed by atoms with Gasteiger partial charge in [0.05, 0.1) is 10.9 Å². The number of nitrogens with zero attached hydrogens (tertiary/aromatic N) is 1. The molecule has 0 spiro atoms. The van der Waals surface area contributed by atoms with Crippen LogP contribution in [0.5, 0.6) is 0 Å². The van der Waals surface area contributed by atoms with Gasteiger partial charge in [-0.2, -0.15) is 0 Å². The minimum absolute atomic E-state index is 0.0799. The lowest BCUT2D eigenvalue weighted by Gasteiger charge is -2.15. The van der Waals surface area contributed by atoms with Gasteiger partial charge >= 0.3 is 5.69 Å². The van der Waals surface area contributed by atoms with Crippen molar-refractivity contribution in [1.82, 2.24) is 14.9 Å². The van der Waals surface area contributed by atoms with Gasteiger partial charge in [-0.3, -0.25) is 14.2 Å². The first kappa shape index (κ1) is 19.0. The van der Waals surface area contributed by atoms with E-state index in [0.717, 1.165) is 30.3 Å². The summed E-state index contributed by atoms with van der Waals surface area (Å²) in [7, 11) is 0. The summed E-state index contributed by atoms with van der Waals surface area (Å²) < 4.78 is 1.09. The summed E-state index contributed by atoms with van der Waals surface area (Å²) in [6.07, 6.45) is 4.57. The molecule has 0 saturated heterocycles. The van der Waals surface area contributed by atoms with E-state index in [1.165, 1.54) is 0 Å². The van der Waals surface area contributed by atoms with Gasteiger partial charge in [0.2, 0.25) is 5.91 Å². The topological polar surface area (TPSA) is 84.0 Å². The minimum atomic E-state index is -0.481. The van der Waals surface area contributed by atoms with E-state index in [1.807, 2.05) is 0 Å². The van der Waals surface area contributed by atoms with Crippen molar-refractivity contribution in [1.29, 1.82) is 0 Å². The molecule has 0 aliphatic heterocycles. The fraction of sp³-hybridized carbons (Fsp3) is 0.526. The molecular formula is C19H27N3O3. The number of hydrogen-bond acceptors (Lipinski definition) is 3. The van der Waals surface area contributed by atoms with Crippen LogP contribution in [0.25, 0.3) is 10.9 Å². The number of H-pyrrole nitrogens is 1. The Kier molecular flexibility index (Phi) is 6.98. The number of benzene rings is 1. The van der Waals surface area contributed by atoms with Crippen LogP contribution in [0, 0.1) is 5.92 Å². The van der Waals surface area contributed by atoms with Crippen LogP contribution in [0.4, 0.5) is 0 Å². The van der Waals surface area contributed by atoms with Gasteiger partial charge in [-0.25, -0.2) is 4.79 Å². The van der Waals surface area contributed by atoms with Gasteiger partial charge in [0, 0.05) is 19.5 Å². The zero-order valence-electron chi connectivity index (χ0n) is 15.0. The van der Waals surface area contributed by atoms with Crippen LogP contribution in [-0.2, 0) is 11.3 Å². The summed E-state index contributed by atoms with van der Waals surface area (Å²) in [6, 6.07) is 6.87. The molecule has 6 heteroatoms. The second kappa shape index (κ2) is 9.20. The smallest absolute Gasteiger partial charge is 0.328 e. The van der Waals surface area contributed by atoms with Gasteiger partial charge in [0.25, 0.3) is 5.56 Å². The highest BCUT2D eigenvalue weighted by Gasteiger charge is 2.11. The van der Waals surface area contributed by atoms with Crippen molar-refractivity contribution in [3.8, 4) is 0 Å². The van der Waals surface area contributed by atoms with Crippen molar-refractivity contribution in [3.05, 3.63) is 45.1 Å². The summed E-state index contributed by atoms with van der Waals surface area (Å²) in [5.74, 6) is 0.352. The van der Waals surface area contributed by atoms with Gasteiger partial charge in [-0.15, -0.1) is 0 Å². The first-order chi connectivity index (χ1) is 12.1. The molecule has 1 amide bonds. The van der Waals surface area contributed by atoms with E-state index in [0.29, 0.717) is 23.4 Å². The number of unbranched alkanes of at least 4 members (excludes halogenated alkanes) is 1. The van der Waals surface area contributed by atoms with Crippen LogP contribution in [-0.4, -0.2) is 22.0 Å². The van der Waals surface area contributed by atoms with Crippen LogP contribution in [0.15, 0.2) is 33.9 Å². The Hall–Kier alpha value is -2.37. The first-order valence-corrected chi connectivity index (χ1v) is 9.05. The number of rotatable bonds is 9. The fourth-order valence-corrected chi connectivity index (χ4v) is 2.91. The first-order valence-electron chi connectivity index (χ1n) is 9.05. The maximum Gasteiger partial charge on any atom is 0.328 e. The molecule has 2 N–H and O–H groups in total. The van der Waals surface area contributed by atoms with E-state index in [9.17, 15) is 14.4 Å². The predicted octanol–water partition coefficient (Wildman–Crippen LogP) is 2.41. The predicted molar refractivity (Wildman–Crippen MR) is 99.8 cm³/mol. The molecule has 0 saturated carbocycles. The summed E-state index contributed by atoms with van der Waals surface area (Å²) in [6.45, 7) is 5.01. The van der Waals surface area contributed by atoms with Crippen molar-refractivity contribution < 1.29 is 4.79 Å². The molecule has 6 nitrogen and oxygen atoms in total. The monoisotopic (exact) mass is 345 g/mol. The van der Waals surface area contributed by atoms with Gasteiger partial charge in [0.1, 0.15) is 0 Å². The minimum Gasteiger partial charge on any atom is -0.356 e. The van der Waals surface area contributed by atoms with Crippen LogP contribution in [0.3, 0.4) is 0 Å². The SMILES string of the molecule is CCCC[C@@H](CC)CNC(=O)CCn1c(=O)[nH]c2ccccc2c1=O. The lowest BCUT2D eigenvalue weighted by molar-refractivity contribution is -0.121. The van der Waals surface area contributed by atoms with Crippen molar-refractivity contribution in [2.45, 2.75) is 52.5 Å². The third-order valence-electron chi connectivity index (χ3n) is 4.58. The number of amides is 1. The second-order valence-electron chi connectivity index (χ2n) is 6.40. The van der Waals surface area contributed by atoms with Crippen molar-refractivity contribution in [2.75, 3.05) is 6.54 Å². The normalized spacial score (nSPS) is 12.2. The Morgan fingerprint density at radius 3 is 2.72 bits per heavy atom. The Morgan fingerprint density at radius 1 is 1.24 bits per heavy atom. The van der Waals surface area contributed by atoms with Crippen LogP contribution >= 0.6 is 0 Å². The highest BCUT2D eigenvalue weighted by atomic mass is 16.2. The summed E-state index contributed by atoms with van der Waals surface area (Å²) >= 11 is 0. The number of para-hydroxylation sites is 1. The van der Waals surface area contributed by atoms with Crippen molar-refractivity contribution in [2.24, 2.45) is 5.92 Å². The van der Waals surface area contributed by atoms with Crippen LogP contribution < -0.4 is 16.6 Å². The number of aromatic amines is 1. The maximum atomic E-state index is 12.4. The lowest BCUT2D eigenvalue weighted by atomic mass is 9.99. The van der Waals surface area contributed by atoms with Crippen LogP contribution in [0.2, 0.25) is 0 Å². The van der Waals surface area contributed by atoms with Gasteiger partial charge in [-0.05, 0) is 24.5 Å². The lowest BCUT2D eigenvalue weighted by Crippen LogP contribution is -2.37. The average molecular weight is 345 g/mol. The van der Waals surface area contributed by atoms with Gasteiger partial charge in [0.15, 0.2) is 0 Å². The third-order valence-corrected chi connectivity index (χ3v) is 4.58. The van der Waals surface area contributed by atoms with E-state index in [2.05, 4.69) is 24.1 Å². The zero-order chi connectivity index (χ0) is 18.2. The van der Waals surface area contributed by atoms with Crippen LogP contribution in [0.1, 0.15) is 46.0 Å². The van der Waals surface area contributed by atoms with Gasteiger partial charge in [-0.1, -0.05) is 45.2 Å². The molecular weight excluding hydrogens is 318 g/mol. The number of carbonyl (C=O) groups is 1. The van der Waals surface area contributed by atoms with Crippen molar-refractivity contribution >= 4 is 16.8 Å². The molecule has 136 valence electrons. The second-order valence-corrected chi connectivity index (χ2v) is 6.40. The third kappa shape index (κ3) is 5.05. The summed E-state index contributed by atoms with van der Waals surface area (Å²) in [5.41, 5.74) is -0.327. The highest BCUT2D eigenvalue weighted by Crippen LogP contribution is 2.11. The molecule has 0 fully saturated rings. The van der Waals surface area contributed by atoms with E-state index in [-0.39, 0.29) is 24.4 Å². The number of fused-ring (bicyclic) bond motifs is 1. The molecule has 2 aromatic rings. The summed E-state index contributed by atoms with van der Waals surface area (Å²) in [4.78, 5) is 39.2. The molecule has 1 aromatic heterocycles. The van der Waals surface area contributed by atoms with E-state index < -0.39 is 5.69 Å².